The van der Waals surface area contributed by atoms with E-state index >= 15 is 0 Å². The normalized spacial score (nSPS) is 16.0. The maximum atomic E-state index is 6.41. The number of rotatable bonds is 7. The number of allylic oxidation sites excluding steroid dienone is 4. The zero-order valence-electron chi connectivity index (χ0n) is 24.3. The van der Waals surface area contributed by atoms with Crippen LogP contribution in [0.1, 0.15) is 25.0 Å². The number of hydrazone groups is 1. The average molecular weight is 564 g/mol. The third kappa shape index (κ3) is 5.35. The van der Waals surface area contributed by atoms with E-state index in [-0.39, 0.29) is 5.92 Å². The van der Waals surface area contributed by atoms with Crippen molar-refractivity contribution < 1.29 is 4.74 Å². The van der Waals surface area contributed by atoms with Gasteiger partial charge in [0, 0.05) is 35.8 Å². The van der Waals surface area contributed by atoms with Gasteiger partial charge in [-0.1, -0.05) is 91.0 Å². The monoisotopic (exact) mass is 563 g/mol. The molecular weight excluding hydrogens is 530 g/mol. The Hall–Kier alpha value is -5.36. The van der Waals surface area contributed by atoms with Gasteiger partial charge in [0.1, 0.15) is 29.8 Å². The summed E-state index contributed by atoms with van der Waals surface area (Å²) in [6.45, 7) is 2.68. The molecule has 4 aromatic carbocycles. The molecule has 1 aromatic heterocycles. The van der Waals surface area contributed by atoms with E-state index in [0.29, 0.717) is 6.67 Å². The minimum Gasteiger partial charge on any atom is -0.457 e. The van der Waals surface area contributed by atoms with Crippen molar-refractivity contribution in [2.45, 2.75) is 19.3 Å². The zero-order chi connectivity index (χ0) is 29.2. The SMILES string of the molecule is CC1=NN(c2cccc(Oc3cccc(-c4nc([C@@H]5C=CC=CC5)c(-c5ccccc5)n4C)c3)c2)CN1c1ccccc1. The first kappa shape index (κ1) is 26.5. The second-order valence-corrected chi connectivity index (χ2v) is 10.8. The molecule has 5 aromatic rings. The summed E-state index contributed by atoms with van der Waals surface area (Å²) in [6.07, 6.45) is 9.62. The van der Waals surface area contributed by atoms with Gasteiger partial charge in [0.25, 0.3) is 0 Å². The Morgan fingerprint density at radius 3 is 2.21 bits per heavy atom. The molecule has 0 bridgehead atoms. The van der Waals surface area contributed by atoms with Crippen LogP contribution in [0.5, 0.6) is 11.5 Å². The molecule has 0 amide bonds. The second-order valence-electron chi connectivity index (χ2n) is 10.8. The largest absolute Gasteiger partial charge is 0.457 e. The lowest BCUT2D eigenvalue weighted by Crippen LogP contribution is -2.29. The molecule has 6 nitrogen and oxygen atoms in total. The maximum absolute atomic E-state index is 6.41. The molecule has 7 rings (SSSR count). The fourth-order valence-corrected chi connectivity index (χ4v) is 5.81. The molecule has 0 spiro atoms. The predicted molar refractivity (Wildman–Crippen MR) is 176 cm³/mol. The van der Waals surface area contributed by atoms with Crippen molar-refractivity contribution in [2.75, 3.05) is 16.6 Å². The Kier molecular flexibility index (Phi) is 7.09. The van der Waals surface area contributed by atoms with Gasteiger partial charge in [-0.25, -0.2) is 9.99 Å². The highest BCUT2D eigenvalue weighted by Crippen LogP contribution is 2.37. The van der Waals surface area contributed by atoms with E-state index in [9.17, 15) is 0 Å². The Balaban J connectivity index is 1.16. The van der Waals surface area contributed by atoms with E-state index in [0.717, 1.165) is 63.5 Å². The number of nitrogens with zero attached hydrogens (tertiary/aromatic N) is 5. The van der Waals surface area contributed by atoms with Gasteiger partial charge in [-0.15, -0.1) is 0 Å². The molecule has 212 valence electrons. The lowest BCUT2D eigenvalue weighted by atomic mass is 9.94. The summed E-state index contributed by atoms with van der Waals surface area (Å²) < 4.78 is 8.62. The van der Waals surface area contributed by atoms with Gasteiger partial charge >= 0.3 is 0 Å². The summed E-state index contributed by atoms with van der Waals surface area (Å²) in [4.78, 5) is 7.43. The van der Waals surface area contributed by atoms with E-state index in [1.807, 2.05) is 60.5 Å². The summed E-state index contributed by atoms with van der Waals surface area (Å²) in [6, 6.07) is 37.1. The number of aromatic nitrogens is 2. The van der Waals surface area contributed by atoms with Gasteiger partial charge in [-0.2, -0.15) is 5.10 Å². The Morgan fingerprint density at radius 2 is 1.44 bits per heavy atom. The van der Waals surface area contributed by atoms with E-state index in [2.05, 4.69) is 101 Å². The summed E-state index contributed by atoms with van der Waals surface area (Å²) in [5.41, 5.74) is 6.51. The molecule has 0 fully saturated rings. The lowest BCUT2D eigenvalue weighted by molar-refractivity contribution is 0.483. The molecular formula is C37H33N5O. The molecule has 2 heterocycles. The molecule has 43 heavy (non-hydrogen) atoms. The molecule has 2 aliphatic rings. The van der Waals surface area contributed by atoms with E-state index < -0.39 is 0 Å². The van der Waals surface area contributed by atoms with Gasteiger partial charge in [-0.3, -0.25) is 0 Å². The van der Waals surface area contributed by atoms with Gasteiger partial charge in [0.15, 0.2) is 0 Å². The van der Waals surface area contributed by atoms with Crippen molar-refractivity contribution in [2.24, 2.45) is 12.1 Å². The van der Waals surface area contributed by atoms with Gasteiger partial charge in [-0.05, 0) is 49.7 Å². The summed E-state index contributed by atoms with van der Waals surface area (Å²) in [5.74, 6) is 3.61. The van der Waals surface area contributed by atoms with Crippen molar-refractivity contribution in [3.8, 4) is 34.1 Å². The van der Waals surface area contributed by atoms with Crippen molar-refractivity contribution >= 4 is 17.2 Å². The first-order valence-electron chi connectivity index (χ1n) is 14.6. The van der Waals surface area contributed by atoms with Crippen LogP contribution in [0.2, 0.25) is 0 Å². The molecule has 0 radical (unpaired) electrons. The number of ether oxygens (including phenoxy) is 1. The standard InChI is InChI=1S/C37H33N5O/c1-27-39-42(26-41(27)31-19-10-5-11-20-31)32-21-13-23-34(25-32)43-33-22-12-18-30(24-33)37-38-35(28-14-6-3-7-15-28)36(40(37)2)29-16-8-4-9-17-29/h3-14,16-25,28H,15,26H2,1-2H3/t28-/m1/s1. The van der Waals surface area contributed by atoms with E-state index in [1.54, 1.807) is 0 Å². The van der Waals surface area contributed by atoms with Gasteiger partial charge in [0.2, 0.25) is 0 Å². The summed E-state index contributed by atoms with van der Waals surface area (Å²) in [7, 11) is 2.10. The van der Waals surface area contributed by atoms with Crippen LogP contribution < -0.4 is 14.6 Å². The Labute approximate surface area is 252 Å². The lowest BCUT2D eigenvalue weighted by Gasteiger charge is -2.20. The molecule has 0 saturated heterocycles. The van der Waals surface area contributed by atoms with Crippen molar-refractivity contribution in [3.05, 3.63) is 139 Å². The predicted octanol–water partition coefficient (Wildman–Crippen LogP) is 8.76. The fraction of sp³-hybridized carbons (Fsp3) is 0.135. The van der Waals surface area contributed by atoms with Crippen LogP contribution in [-0.2, 0) is 7.05 Å². The third-order valence-corrected chi connectivity index (χ3v) is 7.94. The number of hydrogen-bond acceptors (Lipinski definition) is 5. The number of para-hydroxylation sites is 1. The van der Waals surface area contributed by atoms with Crippen LogP contribution in [0, 0.1) is 0 Å². The average Bonchev–Trinajstić information content (AvgIpc) is 3.62. The quantitative estimate of drug-likeness (QED) is 0.199. The zero-order valence-corrected chi connectivity index (χ0v) is 24.3. The number of anilines is 2. The number of amidine groups is 1. The third-order valence-electron chi connectivity index (χ3n) is 7.94. The summed E-state index contributed by atoms with van der Waals surface area (Å²) >= 11 is 0. The van der Waals surface area contributed by atoms with Crippen LogP contribution in [-0.4, -0.2) is 22.1 Å². The summed E-state index contributed by atoms with van der Waals surface area (Å²) in [5, 5.41) is 6.80. The first-order chi connectivity index (χ1) is 21.1. The van der Waals surface area contributed by atoms with Gasteiger partial charge < -0.3 is 14.2 Å². The minimum absolute atomic E-state index is 0.233. The number of benzene rings is 4. The second kappa shape index (κ2) is 11.5. The smallest absolute Gasteiger partial charge is 0.140 e. The highest BCUT2D eigenvalue weighted by atomic mass is 16.5. The van der Waals surface area contributed by atoms with E-state index in [1.165, 1.54) is 0 Å². The van der Waals surface area contributed by atoms with Crippen LogP contribution >= 0.6 is 0 Å². The maximum Gasteiger partial charge on any atom is 0.140 e. The highest BCUT2D eigenvalue weighted by molar-refractivity contribution is 5.98. The fourth-order valence-electron chi connectivity index (χ4n) is 5.81. The molecule has 1 aliphatic carbocycles. The highest BCUT2D eigenvalue weighted by Gasteiger charge is 2.24. The van der Waals surface area contributed by atoms with Crippen LogP contribution in [0.25, 0.3) is 22.6 Å². The number of hydrogen-bond donors (Lipinski definition) is 0. The minimum atomic E-state index is 0.233. The molecule has 1 atom stereocenters. The first-order valence-corrected chi connectivity index (χ1v) is 14.6. The molecule has 1 aliphatic heterocycles. The van der Waals surface area contributed by atoms with Crippen molar-refractivity contribution in [3.63, 3.8) is 0 Å². The Bertz CT molecular complexity index is 1840. The molecule has 0 N–H and O–H groups in total. The van der Waals surface area contributed by atoms with Crippen LogP contribution in [0.4, 0.5) is 11.4 Å². The van der Waals surface area contributed by atoms with Crippen LogP contribution in [0.15, 0.2) is 139 Å². The molecule has 0 saturated carbocycles. The molecule has 0 unspecified atom stereocenters. The van der Waals surface area contributed by atoms with Crippen molar-refractivity contribution in [1.82, 2.24) is 9.55 Å². The van der Waals surface area contributed by atoms with Crippen molar-refractivity contribution in [1.29, 1.82) is 0 Å². The topological polar surface area (TPSA) is 45.9 Å². The Morgan fingerprint density at radius 1 is 0.744 bits per heavy atom. The molecule has 6 heteroatoms. The van der Waals surface area contributed by atoms with E-state index in [4.69, 9.17) is 14.8 Å². The van der Waals surface area contributed by atoms with Gasteiger partial charge in [0.05, 0.1) is 17.1 Å². The van der Waals surface area contributed by atoms with Crippen LogP contribution in [0.3, 0.4) is 0 Å². The number of imidazole rings is 1.